The van der Waals surface area contributed by atoms with Crippen LogP contribution in [0.15, 0.2) is 53.3 Å². The molecule has 7 heteroatoms. The Labute approximate surface area is 156 Å². The van der Waals surface area contributed by atoms with Crippen molar-refractivity contribution in [2.45, 2.75) is 26.5 Å². The van der Waals surface area contributed by atoms with E-state index in [-0.39, 0.29) is 24.6 Å². The molecule has 0 radical (unpaired) electrons. The van der Waals surface area contributed by atoms with Gasteiger partial charge in [-0.3, -0.25) is 9.59 Å². The van der Waals surface area contributed by atoms with E-state index >= 15 is 0 Å². The van der Waals surface area contributed by atoms with Gasteiger partial charge in [0.15, 0.2) is 0 Å². The smallest absolute Gasteiger partial charge is 0.274 e. The number of carbonyl (C=O) groups is 1. The van der Waals surface area contributed by atoms with Gasteiger partial charge in [0.05, 0.1) is 17.6 Å². The van der Waals surface area contributed by atoms with Gasteiger partial charge in [-0.05, 0) is 37.3 Å². The van der Waals surface area contributed by atoms with Crippen LogP contribution < -0.4 is 15.6 Å². The van der Waals surface area contributed by atoms with E-state index in [2.05, 4.69) is 10.4 Å². The van der Waals surface area contributed by atoms with Crippen molar-refractivity contribution in [2.24, 2.45) is 0 Å². The zero-order chi connectivity index (χ0) is 19.4. The SMILES string of the molecule is CC(=O)Nc1ccc(OC[C@@H](O)Cn2nc(C)c3ccccc3c2=O)cc1. The van der Waals surface area contributed by atoms with E-state index in [4.69, 9.17) is 4.74 Å². The topological polar surface area (TPSA) is 93.4 Å². The summed E-state index contributed by atoms with van der Waals surface area (Å²) in [5, 5.41) is 18.6. The number of rotatable bonds is 6. The van der Waals surface area contributed by atoms with Crippen molar-refractivity contribution in [3.8, 4) is 5.75 Å². The number of carbonyl (C=O) groups excluding carboxylic acids is 1. The molecular formula is C20H21N3O4. The summed E-state index contributed by atoms with van der Waals surface area (Å²) < 4.78 is 6.82. The largest absolute Gasteiger partial charge is 0.491 e. The van der Waals surface area contributed by atoms with Crippen LogP contribution >= 0.6 is 0 Å². The summed E-state index contributed by atoms with van der Waals surface area (Å²) in [6, 6.07) is 14.1. The predicted molar refractivity (Wildman–Crippen MR) is 103 cm³/mol. The number of benzene rings is 2. The Morgan fingerprint density at radius 2 is 1.85 bits per heavy atom. The molecule has 1 atom stereocenters. The zero-order valence-electron chi connectivity index (χ0n) is 15.2. The van der Waals surface area contributed by atoms with Gasteiger partial charge in [0, 0.05) is 18.0 Å². The quantitative estimate of drug-likeness (QED) is 0.696. The van der Waals surface area contributed by atoms with Crippen LogP contribution in [0.1, 0.15) is 12.6 Å². The highest BCUT2D eigenvalue weighted by Crippen LogP contribution is 2.16. The van der Waals surface area contributed by atoms with Gasteiger partial charge in [-0.15, -0.1) is 0 Å². The lowest BCUT2D eigenvalue weighted by atomic mass is 10.1. The molecule has 2 aromatic carbocycles. The first-order valence-corrected chi connectivity index (χ1v) is 8.59. The molecule has 1 aromatic heterocycles. The summed E-state index contributed by atoms with van der Waals surface area (Å²) >= 11 is 0. The second-order valence-electron chi connectivity index (χ2n) is 6.29. The van der Waals surface area contributed by atoms with Crippen molar-refractivity contribution in [1.82, 2.24) is 9.78 Å². The molecule has 3 rings (SSSR count). The van der Waals surface area contributed by atoms with Gasteiger partial charge in [0.1, 0.15) is 18.5 Å². The maximum Gasteiger partial charge on any atom is 0.274 e. The fourth-order valence-electron chi connectivity index (χ4n) is 2.81. The maximum absolute atomic E-state index is 12.5. The summed E-state index contributed by atoms with van der Waals surface area (Å²) in [6.07, 6.45) is -0.897. The summed E-state index contributed by atoms with van der Waals surface area (Å²) in [7, 11) is 0. The van der Waals surface area contributed by atoms with Gasteiger partial charge in [0.2, 0.25) is 5.91 Å². The minimum absolute atomic E-state index is 0.0134. The van der Waals surface area contributed by atoms with Gasteiger partial charge in [-0.1, -0.05) is 18.2 Å². The zero-order valence-corrected chi connectivity index (χ0v) is 15.2. The second-order valence-corrected chi connectivity index (χ2v) is 6.29. The molecule has 0 unspecified atom stereocenters. The molecule has 0 spiro atoms. The number of aliphatic hydroxyl groups is 1. The number of aliphatic hydroxyl groups excluding tert-OH is 1. The van der Waals surface area contributed by atoms with Crippen LogP contribution in [0.4, 0.5) is 5.69 Å². The average Bonchev–Trinajstić information content (AvgIpc) is 2.65. The summed E-state index contributed by atoms with van der Waals surface area (Å²) in [6.45, 7) is 3.32. The van der Waals surface area contributed by atoms with Crippen LogP contribution in [0.3, 0.4) is 0 Å². The molecule has 3 aromatic rings. The highest BCUT2D eigenvalue weighted by atomic mass is 16.5. The average molecular weight is 367 g/mol. The number of hydrogen-bond acceptors (Lipinski definition) is 5. The molecule has 7 nitrogen and oxygen atoms in total. The van der Waals surface area contributed by atoms with E-state index in [9.17, 15) is 14.7 Å². The molecule has 0 saturated carbocycles. The number of ether oxygens (including phenoxy) is 1. The van der Waals surface area contributed by atoms with Gasteiger partial charge in [-0.2, -0.15) is 5.10 Å². The minimum Gasteiger partial charge on any atom is -0.491 e. The Morgan fingerprint density at radius 1 is 1.19 bits per heavy atom. The highest BCUT2D eigenvalue weighted by molar-refractivity contribution is 5.88. The Hall–Kier alpha value is -3.19. The van der Waals surface area contributed by atoms with Gasteiger partial charge < -0.3 is 15.2 Å². The van der Waals surface area contributed by atoms with Crippen LogP contribution in [-0.4, -0.2) is 33.5 Å². The molecule has 0 saturated heterocycles. The lowest BCUT2D eigenvalue weighted by Crippen LogP contribution is -2.32. The fourth-order valence-corrected chi connectivity index (χ4v) is 2.81. The van der Waals surface area contributed by atoms with E-state index in [0.29, 0.717) is 16.8 Å². The third kappa shape index (κ3) is 4.51. The van der Waals surface area contributed by atoms with E-state index in [1.54, 1.807) is 36.4 Å². The van der Waals surface area contributed by atoms with Crippen molar-refractivity contribution < 1.29 is 14.6 Å². The molecule has 0 aliphatic rings. The van der Waals surface area contributed by atoms with Crippen molar-refractivity contribution in [1.29, 1.82) is 0 Å². The second kappa shape index (κ2) is 8.01. The van der Waals surface area contributed by atoms with Crippen LogP contribution in [0.25, 0.3) is 10.8 Å². The molecule has 0 fully saturated rings. The molecular weight excluding hydrogens is 346 g/mol. The Kier molecular flexibility index (Phi) is 5.52. The monoisotopic (exact) mass is 367 g/mol. The number of anilines is 1. The van der Waals surface area contributed by atoms with E-state index in [1.807, 2.05) is 19.1 Å². The third-order valence-corrected chi connectivity index (χ3v) is 4.05. The lowest BCUT2D eigenvalue weighted by molar-refractivity contribution is -0.114. The molecule has 2 N–H and O–H groups in total. The predicted octanol–water partition coefficient (Wildman–Crippen LogP) is 2.10. The molecule has 27 heavy (non-hydrogen) atoms. The van der Waals surface area contributed by atoms with E-state index in [0.717, 1.165) is 11.1 Å². The molecule has 0 bridgehead atoms. The van der Waals surface area contributed by atoms with Crippen molar-refractivity contribution in [3.63, 3.8) is 0 Å². The number of hydrogen-bond donors (Lipinski definition) is 2. The number of nitrogens with zero attached hydrogens (tertiary/aromatic N) is 2. The van der Waals surface area contributed by atoms with Gasteiger partial charge in [0.25, 0.3) is 5.56 Å². The number of fused-ring (bicyclic) bond motifs is 1. The lowest BCUT2D eigenvalue weighted by Gasteiger charge is -2.15. The van der Waals surface area contributed by atoms with Gasteiger partial charge >= 0.3 is 0 Å². The third-order valence-electron chi connectivity index (χ3n) is 4.05. The Balaban J connectivity index is 1.65. The van der Waals surface area contributed by atoms with Crippen LogP contribution in [0, 0.1) is 6.92 Å². The van der Waals surface area contributed by atoms with Gasteiger partial charge in [-0.25, -0.2) is 4.68 Å². The summed E-state index contributed by atoms with van der Waals surface area (Å²) in [5.74, 6) is 0.404. The number of aromatic nitrogens is 2. The number of amides is 1. The first-order valence-electron chi connectivity index (χ1n) is 8.59. The van der Waals surface area contributed by atoms with E-state index in [1.165, 1.54) is 11.6 Å². The van der Waals surface area contributed by atoms with Crippen LogP contribution in [0.2, 0.25) is 0 Å². The van der Waals surface area contributed by atoms with Crippen molar-refractivity contribution in [3.05, 3.63) is 64.6 Å². The molecule has 140 valence electrons. The van der Waals surface area contributed by atoms with Crippen LogP contribution in [0.5, 0.6) is 5.75 Å². The van der Waals surface area contributed by atoms with Crippen molar-refractivity contribution in [2.75, 3.05) is 11.9 Å². The molecule has 1 heterocycles. The van der Waals surface area contributed by atoms with E-state index < -0.39 is 6.10 Å². The summed E-state index contributed by atoms with van der Waals surface area (Å²) in [4.78, 5) is 23.5. The molecule has 1 amide bonds. The summed E-state index contributed by atoms with van der Waals surface area (Å²) in [5.41, 5.74) is 1.15. The standard InChI is InChI=1S/C20H21N3O4/c1-13-18-5-3-4-6-19(18)20(26)23(22-13)11-16(25)12-27-17-9-7-15(8-10-17)21-14(2)24/h3-10,16,25H,11-12H2,1-2H3,(H,21,24)/t16-/m0/s1. The highest BCUT2D eigenvalue weighted by Gasteiger charge is 2.12. The first kappa shape index (κ1) is 18.6. The van der Waals surface area contributed by atoms with Crippen molar-refractivity contribution >= 4 is 22.4 Å². The number of nitrogens with one attached hydrogen (secondary N) is 1. The first-order chi connectivity index (χ1) is 12.9. The Morgan fingerprint density at radius 3 is 2.52 bits per heavy atom. The Bertz CT molecular complexity index is 1010. The fraction of sp³-hybridized carbons (Fsp3) is 0.250. The maximum atomic E-state index is 12.5. The van der Waals surface area contributed by atoms with Crippen LogP contribution in [-0.2, 0) is 11.3 Å². The normalized spacial score (nSPS) is 12.0. The number of aryl methyl sites for hydroxylation is 1. The minimum atomic E-state index is -0.897. The molecule has 0 aliphatic heterocycles. The molecule has 0 aliphatic carbocycles.